The molecule has 0 atom stereocenters. The van der Waals surface area contributed by atoms with Gasteiger partial charge < -0.3 is 10.1 Å². The summed E-state index contributed by atoms with van der Waals surface area (Å²) in [5, 5.41) is 7.40. The minimum atomic E-state index is -1.04. The fourth-order valence-electron chi connectivity index (χ4n) is 1.57. The molecule has 2 heterocycles. The highest BCUT2D eigenvalue weighted by atomic mass is 28.3. The second kappa shape index (κ2) is 6.62. The van der Waals surface area contributed by atoms with Gasteiger partial charge >= 0.3 is 0 Å². The molecule has 7 heteroatoms. The number of hydrogen-bond donors (Lipinski definition) is 1. The first-order chi connectivity index (χ1) is 9.54. The number of nitrogens with zero attached hydrogens (tertiary/aromatic N) is 4. The van der Waals surface area contributed by atoms with Crippen molar-refractivity contribution in [1.82, 2.24) is 19.7 Å². The van der Waals surface area contributed by atoms with E-state index in [4.69, 9.17) is 4.74 Å². The third-order valence-electron chi connectivity index (χ3n) is 2.75. The lowest BCUT2D eigenvalue weighted by Gasteiger charge is -2.16. The first-order valence-corrected chi connectivity index (χ1v) is 10.4. The van der Waals surface area contributed by atoms with Gasteiger partial charge in [-0.15, -0.1) is 0 Å². The summed E-state index contributed by atoms with van der Waals surface area (Å²) in [7, 11) is -1.04. The van der Waals surface area contributed by atoms with E-state index < -0.39 is 8.07 Å². The average molecular weight is 291 g/mol. The maximum Gasteiger partial charge on any atom is 0.150 e. The van der Waals surface area contributed by atoms with Crippen LogP contribution < -0.4 is 5.32 Å². The molecule has 20 heavy (non-hydrogen) atoms. The standard InChI is InChI=1S/C13H21N5OSi/c1-20(2,3)9-8-19-11-18-13(4-5-16-18)17-12-10-14-6-7-15-12/h4-7,10H,8-9,11H2,1-3H3,(H,15,17). The molecule has 0 amide bonds. The molecule has 0 aromatic carbocycles. The lowest BCUT2D eigenvalue weighted by atomic mass is 10.6. The molecule has 0 saturated carbocycles. The van der Waals surface area contributed by atoms with Crippen molar-refractivity contribution in [3.63, 3.8) is 0 Å². The molecule has 0 saturated heterocycles. The van der Waals surface area contributed by atoms with E-state index in [1.165, 1.54) is 0 Å². The quantitative estimate of drug-likeness (QED) is 0.627. The van der Waals surface area contributed by atoms with Crippen LogP contribution in [-0.4, -0.2) is 34.4 Å². The van der Waals surface area contributed by atoms with Crippen LogP contribution in [0.25, 0.3) is 0 Å². The van der Waals surface area contributed by atoms with Crippen LogP contribution in [0.4, 0.5) is 11.6 Å². The van der Waals surface area contributed by atoms with Gasteiger partial charge in [-0.1, -0.05) is 19.6 Å². The largest absolute Gasteiger partial charge is 0.359 e. The Hall–Kier alpha value is -1.73. The van der Waals surface area contributed by atoms with Crippen LogP contribution in [-0.2, 0) is 11.5 Å². The highest BCUT2D eigenvalue weighted by Gasteiger charge is 2.12. The lowest BCUT2D eigenvalue weighted by molar-refractivity contribution is 0.0801. The van der Waals surface area contributed by atoms with E-state index in [1.807, 2.05) is 6.07 Å². The average Bonchev–Trinajstić information content (AvgIpc) is 2.82. The van der Waals surface area contributed by atoms with Gasteiger partial charge in [-0.3, -0.25) is 4.98 Å². The monoisotopic (exact) mass is 291 g/mol. The zero-order valence-corrected chi connectivity index (χ0v) is 13.2. The van der Waals surface area contributed by atoms with E-state index >= 15 is 0 Å². The van der Waals surface area contributed by atoms with Gasteiger partial charge in [0.15, 0.2) is 0 Å². The molecule has 0 fully saturated rings. The van der Waals surface area contributed by atoms with Crippen molar-refractivity contribution in [2.24, 2.45) is 0 Å². The Morgan fingerprint density at radius 3 is 2.80 bits per heavy atom. The molecule has 108 valence electrons. The molecule has 0 radical (unpaired) electrons. The van der Waals surface area contributed by atoms with Crippen molar-refractivity contribution in [3.05, 3.63) is 30.9 Å². The number of ether oxygens (including phenoxy) is 1. The summed E-state index contributed by atoms with van der Waals surface area (Å²) < 4.78 is 7.47. The van der Waals surface area contributed by atoms with Crippen molar-refractivity contribution in [2.45, 2.75) is 32.4 Å². The summed E-state index contributed by atoms with van der Waals surface area (Å²) in [5.74, 6) is 1.54. The zero-order valence-electron chi connectivity index (χ0n) is 12.2. The molecule has 1 N–H and O–H groups in total. The van der Waals surface area contributed by atoms with E-state index in [9.17, 15) is 0 Å². The van der Waals surface area contributed by atoms with E-state index in [-0.39, 0.29) is 0 Å². The predicted molar refractivity (Wildman–Crippen MR) is 81.6 cm³/mol. The smallest absolute Gasteiger partial charge is 0.150 e. The van der Waals surface area contributed by atoms with Crippen molar-refractivity contribution in [2.75, 3.05) is 11.9 Å². The van der Waals surface area contributed by atoms with Crippen LogP contribution in [0.1, 0.15) is 0 Å². The Kier molecular flexibility index (Phi) is 4.86. The highest BCUT2D eigenvalue weighted by Crippen LogP contribution is 2.13. The van der Waals surface area contributed by atoms with Crippen LogP contribution in [0.15, 0.2) is 30.9 Å². The normalized spacial score (nSPS) is 11.6. The maximum atomic E-state index is 5.69. The molecule has 2 aromatic heterocycles. The summed E-state index contributed by atoms with van der Waals surface area (Å²) in [6.45, 7) is 8.24. The van der Waals surface area contributed by atoms with Gasteiger partial charge in [0.1, 0.15) is 18.4 Å². The van der Waals surface area contributed by atoms with Crippen LogP contribution in [0.2, 0.25) is 25.7 Å². The molecular weight excluding hydrogens is 270 g/mol. The molecule has 0 aliphatic carbocycles. The van der Waals surface area contributed by atoms with Crippen molar-refractivity contribution in [3.8, 4) is 0 Å². The van der Waals surface area contributed by atoms with Crippen molar-refractivity contribution >= 4 is 19.7 Å². The van der Waals surface area contributed by atoms with Gasteiger partial charge in [0.25, 0.3) is 0 Å². The summed E-state index contributed by atoms with van der Waals surface area (Å²) in [6, 6.07) is 3.04. The number of aromatic nitrogens is 4. The maximum absolute atomic E-state index is 5.69. The Morgan fingerprint density at radius 2 is 2.10 bits per heavy atom. The van der Waals surface area contributed by atoms with Crippen molar-refractivity contribution in [1.29, 1.82) is 0 Å². The third kappa shape index (κ3) is 4.75. The SMILES string of the molecule is C[Si](C)(C)CCOCn1nccc1Nc1cnccn1. The first-order valence-electron chi connectivity index (χ1n) is 6.67. The van der Waals surface area contributed by atoms with Gasteiger partial charge in [0.05, 0.1) is 12.4 Å². The molecule has 0 bridgehead atoms. The van der Waals surface area contributed by atoms with E-state index in [0.29, 0.717) is 12.5 Å². The lowest BCUT2D eigenvalue weighted by Crippen LogP contribution is -2.22. The molecular formula is C13H21N5OSi. The van der Waals surface area contributed by atoms with E-state index in [2.05, 4.69) is 40.0 Å². The molecule has 6 nitrogen and oxygen atoms in total. The summed E-state index contributed by atoms with van der Waals surface area (Å²) >= 11 is 0. The van der Waals surface area contributed by atoms with Gasteiger partial charge in [-0.05, 0) is 6.04 Å². The Balaban J connectivity index is 1.86. The summed E-state index contributed by atoms with van der Waals surface area (Å²) in [5.41, 5.74) is 0. The molecule has 0 aliphatic heterocycles. The number of rotatable bonds is 7. The topological polar surface area (TPSA) is 64.9 Å². The Morgan fingerprint density at radius 1 is 1.25 bits per heavy atom. The van der Waals surface area contributed by atoms with Crippen LogP contribution in [0.3, 0.4) is 0 Å². The molecule has 2 rings (SSSR count). The van der Waals surface area contributed by atoms with Gasteiger partial charge in [0.2, 0.25) is 0 Å². The second-order valence-electron chi connectivity index (χ2n) is 5.78. The minimum Gasteiger partial charge on any atom is -0.359 e. The van der Waals surface area contributed by atoms with Crippen molar-refractivity contribution < 1.29 is 4.74 Å². The second-order valence-corrected chi connectivity index (χ2v) is 11.4. The van der Waals surface area contributed by atoms with Crippen LogP contribution in [0.5, 0.6) is 0 Å². The van der Waals surface area contributed by atoms with E-state index in [0.717, 1.165) is 18.5 Å². The summed E-state index contributed by atoms with van der Waals surface area (Å²) in [4.78, 5) is 8.19. The van der Waals surface area contributed by atoms with Crippen LogP contribution in [0, 0.1) is 0 Å². The Bertz CT molecular complexity index is 523. The first kappa shape index (κ1) is 14.7. The number of hydrogen-bond acceptors (Lipinski definition) is 5. The van der Waals surface area contributed by atoms with Gasteiger partial charge in [-0.2, -0.15) is 5.10 Å². The fraction of sp³-hybridized carbons (Fsp3) is 0.462. The van der Waals surface area contributed by atoms with Crippen LogP contribution >= 0.6 is 0 Å². The number of anilines is 2. The number of nitrogens with one attached hydrogen (secondary N) is 1. The fourth-order valence-corrected chi connectivity index (χ4v) is 2.32. The van der Waals surface area contributed by atoms with Gasteiger partial charge in [0, 0.05) is 33.1 Å². The summed E-state index contributed by atoms with van der Waals surface area (Å²) in [6.07, 6.45) is 6.69. The third-order valence-corrected chi connectivity index (χ3v) is 4.45. The van der Waals surface area contributed by atoms with E-state index in [1.54, 1.807) is 29.5 Å². The molecule has 0 aliphatic rings. The predicted octanol–water partition coefficient (Wildman–Crippen LogP) is 2.73. The molecule has 2 aromatic rings. The Labute approximate surface area is 120 Å². The highest BCUT2D eigenvalue weighted by molar-refractivity contribution is 6.76. The van der Waals surface area contributed by atoms with Gasteiger partial charge in [-0.25, -0.2) is 9.67 Å². The molecule has 0 spiro atoms. The zero-order chi connectivity index (χ0) is 14.4. The molecule has 0 unspecified atom stereocenters. The minimum absolute atomic E-state index is 0.445.